The van der Waals surface area contributed by atoms with Crippen molar-refractivity contribution >= 4 is 28.4 Å². The summed E-state index contributed by atoms with van der Waals surface area (Å²) in [5.74, 6) is 6.78. The minimum Gasteiger partial charge on any atom is -0.489 e. The molecule has 0 aliphatic rings. The van der Waals surface area contributed by atoms with Crippen LogP contribution in [-0.4, -0.2) is 4.98 Å². The highest BCUT2D eigenvalue weighted by Gasteiger charge is 1.98. The molecule has 0 atom stereocenters. The van der Waals surface area contributed by atoms with Gasteiger partial charge >= 0.3 is 0 Å². The maximum absolute atomic E-state index is 5.67. The molecule has 3 N–H and O–H groups in total. The third-order valence-corrected chi connectivity index (χ3v) is 2.84. The highest BCUT2D eigenvalue weighted by Crippen LogP contribution is 2.16. The molecular formula is C12H12IN3O. The fourth-order valence-corrected chi connectivity index (χ4v) is 1.88. The lowest BCUT2D eigenvalue weighted by Crippen LogP contribution is -2.09. The van der Waals surface area contributed by atoms with Gasteiger partial charge in [-0.05, 0) is 58.5 Å². The number of halogens is 1. The smallest absolute Gasteiger partial charge is 0.140 e. The van der Waals surface area contributed by atoms with Gasteiger partial charge in [0.2, 0.25) is 0 Å². The monoisotopic (exact) mass is 341 g/mol. The van der Waals surface area contributed by atoms with E-state index in [1.54, 1.807) is 6.20 Å². The number of aromatic nitrogens is 1. The average Bonchev–Trinajstić information content (AvgIpc) is 2.37. The molecule has 88 valence electrons. The Morgan fingerprint density at radius 1 is 1.29 bits per heavy atom. The molecule has 0 radical (unpaired) electrons. The maximum atomic E-state index is 5.67. The van der Waals surface area contributed by atoms with Crippen LogP contribution in [0.5, 0.6) is 5.75 Å². The van der Waals surface area contributed by atoms with Gasteiger partial charge in [-0.1, -0.05) is 6.07 Å². The Morgan fingerprint density at radius 3 is 2.94 bits per heavy atom. The van der Waals surface area contributed by atoms with Gasteiger partial charge in [-0.2, -0.15) is 0 Å². The first-order valence-corrected chi connectivity index (χ1v) is 6.16. The second-order valence-corrected chi connectivity index (χ2v) is 4.69. The van der Waals surface area contributed by atoms with E-state index in [1.807, 2.05) is 36.4 Å². The van der Waals surface area contributed by atoms with Crippen molar-refractivity contribution in [2.24, 2.45) is 5.84 Å². The summed E-state index contributed by atoms with van der Waals surface area (Å²) >= 11 is 2.25. The number of ether oxygens (including phenoxy) is 1. The Hall–Kier alpha value is -1.34. The zero-order chi connectivity index (χ0) is 12.1. The van der Waals surface area contributed by atoms with Gasteiger partial charge in [-0.3, -0.25) is 0 Å². The summed E-state index contributed by atoms with van der Waals surface area (Å²) in [6, 6.07) is 11.7. The lowest BCUT2D eigenvalue weighted by Gasteiger charge is -2.07. The van der Waals surface area contributed by atoms with Crippen LogP contribution >= 0.6 is 22.6 Å². The van der Waals surface area contributed by atoms with Crippen LogP contribution in [0.1, 0.15) is 5.56 Å². The van der Waals surface area contributed by atoms with Crippen molar-refractivity contribution in [1.29, 1.82) is 0 Å². The van der Waals surface area contributed by atoms with E-state index in [1.165, 1.54) is 0 Å². The zero-order valence-corrected chi connectivity index (χ0v) is 11.2. The lowest BCUT2D eigenvalue weighted by molar-refractivity contribution is 0.306. The third-order valence-electron chi connectivity index (χ3n) is 2.17. The molecule has 1 heterocycles. The van der Waals surface area contributed by atoms with E-state index in [9.17, 15) is 0 Å². The Morgan fingerprint density at radius 2 is 2.18 bits per heavy atom. The average molecular weight is 341 g/mol. The summed E-state index contributed by atoms with van der Waals surface area (Å²) < 4.78 is 6.82. The lowest BCUT2D eigenvalue weighted by atomic mass is 10.3. The normalized spacial score (nSPS) is 10.0. The number of rotatable bonds is 4. The fraction of sp³-hybridized carbons (Fsp3) is 0.0833. The highest BCUT2D eigenvalue weighted by molar-refractivity contribution is 14.1. The molecule has 2 aromatic rings. The summed E-state index contributed by atoms with van der Waals surface area (Å²) in [5, 5.41) is 0. The molecule has 17 heavy (non-hydrogen) atoms. The molecule has 0 fully saturated rings. The third kappa shape index (κ3) is 3.57. The molecule has 5 heteroatoms. The van der Waals surface area contributed by atoms with E-state index in [0.717, 1.165) is 14.9 Å². The minimum absolute atomic E-state index is 0.497. The predicted molar refractivity (Wildman–Crippen MR) is 75.5 cm³/mol. The molecule has 1 aromatic carbocycles. The highest BCUT2D eigenvalue weighted by atomic mass is 127. The van der Waals surface area contributed by atoms with Crippen LogP contribution in [0, 0.1) is 3.57 Å². The molecule has 0 saturated heterocycles. The van der Waals surface area contributed by atoms with Crippen molar-refractivity contribution in [3.8, 4) is 5.75 Å². The fourth-order valence-electron chi connectivity index (χ4n) is 1.37. The van der Waals surface area contributed by atoms with Gasteiger partial charge < -0.3 is 10.2 Å². The van der Waals surface area contributed by atoms with E-state index in [4.69, 9.17) is 10.6 Å². The molecule has 2 rings (SSSR count). The number of anilines is 1. The van der Waals surface area contributed by atoms with Gasteiger partial charge in [-0.25, -0.2) is 10.8 Å². The molecule has 4 nitrogen and oxygen atoms in total. The molecule has 0 saturated carbocycles. The summed E-state index contributed by atoms with van der Waals surface area (Å²) in [5.41, 5.74) is 3.53. The molecule has 1 aromatic heterocycles. The van der Waals surface area contributed by atoms with E-state index < -0.39 is 0 Å². The number of hydrogen-bond acceptors (Lipinski definition) is 4. The van der Waals surface area contributed by atoms with Crippen molar-refractivity contribution in [1.82, 2.24) is 4.98 Å². The van der Waals surface area contributed by atoms with Crippen molar-refractivity contribution in [3.63, 3.8) is 0 Å². The number of nitrogens with zero attached hydrogens (tertiary/aromatic N) is 1. The van der Waals surface area contributed by atoms with Crippen LogP contribution < -0.4 is 16.0 Å². The molecule has 0 amide bonds. The second kappa shape index (κ2) is 5.83. The first kappa shape index (κ1) is 12.1. The summed E-state index contributed by atoms with van der Waals surface area (Å²) in [6.45, 7) is 0.497. The number of nitrogens with two attached hydrogens (primary N) is 1. The van der Waals surface area contributed by atoms with Crippen molar-refractivity contribution < 1.29 is 4.74 Å². The number of hydrazine groups is 1. The van der Waals surface area contributed by atoms with Gasteiger partial charge in [0.1, 0.15) is 18.2 Å². The Kier molecular flexibility index (Phi) is 4.16. The van der Waals surface area contributed by atoms with Crippen LogP contribution in [0.3, 0.4) is 0 Å². The van der Waals surface area contributed by atoms with Crippen LogP contribution in [0.15, 0.2) is 42.6 Å². The van der Waals surface area contributed by atoms with E-state index in [-0.39, 0.29) is 0 Å². The zero-order valence-electron chi connectivity index (χ0n) is 9.06. The van der Waals surface area contributed by atoms with Gasteiger partial charge in [0, 0.05) is 9.77 Å². The number of pyridine rings is 1. The van der Waals surface area contributed by atoms with E-state index >= 15 is 0 Å². The SMILES string of the molecule is NNc1cc(COc2cccc(I)c2)ccn1. The van der Waals surface area contributed by atoms with Crippen LogP contribution in [-0.2, 0) is 6.61 Å². The molecular weight excluding hydrogens is 329 g/mol. The minimum atomic E-state index is 0.497. The topological polar surface area (TPSA) is 60.2 Å². The van der Waals surface area contributed by atoms with Gasteiger partial charge in [0.15, 0.2) is 0 Å². The standard InChI is InChI=1S/C12H12IN3O/c13-10-2-1-3-11(7-10)17-8-9-4-5-15-12(6-9)16-14/h1-7H,8,14H2,(H,15,16). The Labute approximate surface area is 113 Å². The summed E-state index contributed by atoms with van der Waals surface area (Å²) in [7, 11) is 0. The van der Waals surface area contributed by atoms with E-state index in [0.29, 0.717) is 12.4 Å². The number of hydrogen-bond donors (Lipinski definition) is 2. The number of nitrogen functional groups attached to an aromatic ring is 1. The van der Waals surface area contributed by atoms with Crippen LogP contribution in [0.25, 0.3) is 0 Å². The Bertz CT molecular complexity index is 505. The number of benzene rings is 1. The van der Waals surface area contributed by atoms with Gasteiger partial charge in [0.25, 0.3) is 0 Å². The first-order chi connectivity index (χ1) is 8.28. The van der Waals surface area contributed by atoms with Crippen LogP contribution in [0.4, 0.5) is 5.82 Å². The van der Waals surface area contributed by atoms with Crippen molar-refractivity contribution in [3.05, 3.63) is 51.7 Å². The summed E-state index contributed by atoms with van der Waals surface area (Å²) in [6.07, 6.45) is 1.70. The molecule has 0 bridgehead atoms. The second-order valence-electron chi connectivity index (χ2n) is 3.44. The quantitative estimate of drug-likeness (QED) is 0.510. The van der Waals surface area contributed by atoms with Crippen LogP contribution in [0.2, 0.25) is 0 Å². The number of nitrogens with one attached hydrogen (secondary N) is 1. The molecule has 0 aliphatic carbocycles. The molecule has 0 spiro atoms. The predicted octanol–water partition coefficient (Wildman–Crippen LogP) is 2.55. The molecule has 0 aliphatic heterocycles. The first-order valence-electron chi connectivity index (χ1n) is 5.08. The largest absolute Gasteiger partial charge is 0.489 e. The summed E-state index contributed by atoms with van der Waals surface area (Å²) in [4.78, 5) is 4.03. The van der Waals surface area contributed by atoms with Crippen molar-refractivity contribution in [2.75, 3.05) is 5.43 Å². The van der Waals surface area contributed by atoms with E-state index in [2.05, 4.69) is 33.0 Å². The van der Waals surface area contributed by atoms with Gasteiger partial charge in [-0.15, -0.1) is 0 Å². The van der Waals surface area contributed by atoms with Gasteiger partial charge in [0.05, 0.1) is 0 Å². The van der Waals surface area contributed by atoms with Crippen molar-refractivity contribution in [2.45, 2.75) is 6.61 Å². The maximum Gasteiger partial charge on any atom is 0.140 e. The Balaban J connectivity index is 2.02. The molecule has 0 unspecified atom stereocenters.